The molecule has 192 valence electrons. The van der Waals surface area contributed by atoms with Gasteiger partial charge >= 0.3 is 0 Å². The summed E-state index contributed by atoms with van der Waals surface area (Å²) < 4.78 is 8.40. The van der Waals surface area contributed by atoms with E-state index < -0.39 is 0 Å². The lowest BCUT2D eigenvalue weighted by Gasteiger charge is -2.19. The van der Waals surface area contributed by atoms with Crippen LogP contribution in [0.2, 0.25) is 0 Å². The van der Waals surface area contributed by atoms with Crippen LogP contribution in [0.25, 0.3) is 76.5 Å². The van der Waals surface area contributed by atoms with Gasteiger partial charge in [-0.25, -0.2) is 4.85 Å². The van der Waals surface area contributed by atoms with Gasteiger partial charge in [0.05, 0.1) is 23.3 Å². The molecule has 0 radical (unpaired) electrons. The Kier molecular flexibility index (Phi) is 5.10. The molecule has 6 aromatic carbocycles. The van der Waals surface area contributed by atoms with Crippen LogP contribution in [-0.2, 0) is 0 Å². The fraction of sp³-hybridized carbons (Fsp3) is 0.0263. The molecule has 0 N–H and O–H groups in total. The summed E-state index contributed by atoms with van der Waals surface area (Å²) >= 11 is 0. The molecule has 0 aliphatic carbocycles. The molecular weight excluding hydrogens is 500 g/mol. The van der Waals surface area contributed by atoms with Crippen molar-refractivity contribution in [3.05, 3.63) is 144 Å². The molecule has 0 amide bonds. The highest BCUT2D eigenvalue weighted by Gasteiger charge is 2.22. The summed E-state index contributed by atoms with van der Waals surface area (Å²) in [6.45, 7) is 10.3. The van der Waals surface area contributed by atoms with Gasteiger partial charge in [0.1, 0.15) is 11.2 Å². The lowest BCUT2D eigenvalue weighted by Crippen LogP contribution is -2.00. The first-order valence-electron chi connectivity index (χ1n) is 13.7. The second-order valence-electron chi connectivity index (χ2n) is 10.5. The van der Waals surface area contributed by atoms with Crippen LogP contribution < -0.4 is 0 Å². The average molecular weight is 525 g/mol. The fourth-order valence-electron chi connectivity index (χ4n) is 6.29. The average Bonchev–Trinajstić information content (AvgIpc) is 3.56. The largest absolute Gasteiger partial charge is 0.456 e. The van der Waals surface area contributed by atoms with E-state index in [1.165, 1.54) is 10.8 Å². The molecular formula is C38H24N2O. The van der Waals surface area contributed by atoms with Gasteiger partial charge in [-0.1, -0.05) is 97.1 Å². The molecule has 0 aliphatic heterocycles. The maximum absolute atomic E-state index is 8.27. The lowest BCUT2D eigenvalue weighted by molar-refractivity contribution is 0.669. The molecule has 0 fully saturated rings. The van der Waals surface area contributed by atoms with E-state index in [1.807, 2.05) is 25.1 Å². The number of aromatic nitrogens is 1. The smallest absolute Gasteiger partial charge is 0.214 e. The molecule has 8 aromatic rings. The number of aryl methyl sites for hydroxylation is 1. The van der Waals surface area contributed by atoms with Crippen molar-refractivity contribution < 1.29 is 4.42 Å². The molecule has 0 saturated carbocycles. The molecule has 0 aliphatic rings. The van der Waals surface area contributed by atoms with Crippen LogP contribution in [0.3, 0.4) is 0 Å². The highest BCUT2D eigenvalue weighted by Crippen LogP contribution is 2.45. The Balaban J connectivity index is 1.45. The normalized spacial score (nSPS) is 11.5. The zero-order valence-electron chi connectivity index (χ0n) is 22.4. The van der Waals surface area contributed by atoms with E-state index >= 15 is 0 Å². The number of hydrogen-bond acceptors (Lipinski definition) is 1. The summed E-state index contributed by atoms with van der Waals surface area (Å²) in [7, 11) is 0. The van der Waals surface area contributed by atoms with Gasteiger partial charge in [0.2, 0.25) is 5.69 Å². The molecule has 3 heteroatoms. The second-order valence-corrected chi connectivity index (χ2v) is 10.5. The van der Waals surface area contributed by atoms with Crippen LogP contribution in [0.5, 0.6) is 0 Å². The fourth-order valence-corrected chi connectivity index (χ4v) is 6.29. The van der Waals surface area contributed by atoms with Gasteiger partial charge in [0.25, 0.3) is 0 Å². The summed E-state index contributed by atoms with van der Waals surface area (Å²) in [6, 6.07) is 44.3. The quantitative estimate of drug-likeness (QED) is 0.211. The van der Waals surface area contributed by atoms with Crippen molar-refractivity contribution >= 4 is 49.4 Å². The van der Waals surface area contributed by atoms with Gasteiger partial charge in [-0.3, -0.25) is 0 Å². The minimum absolute atomic E-state index is 0.667. The van der Waals surface area contributed by atoms with E-state index in [-0.39, 0.29) is 0 Å². The standard InChI is InChI=1S/C38H24N2O/c1-24-19-21-31(38(37(24)39-2)40-33-16-8-5-13-28(33)29-14-6-9-17-34(29)40)27-12-4-3-11-26(27)25-20-22-36-32(23-25)30-15-7-10-18-35(30)41-36/h3-23H,1H3. The molecule has 3 nitrogen and oxygen atoms in total. The van der Waals surface area contributed by atoms with Crippen LogP contribution >= 0.6 is 0 Å². The van der Waals surface area contributed by atoms with E-state index in [9.17, 15) is 0 Å². The topological polar surface area (TPSA) is 22.4 Å². The van der Waals surface area contributed by atoms with E-state index in [0.717, 1.165) is 66.5 Å². The molecule has 0 atom stereocenters. The molecule has 0 bridgehead atoms. The first-order valence-corrected chi connectivity index (χ1v) is 13.7. The zero-order valence-corrected chi connectivity index (χ0v) is 22.4. The maximum atomic E-state index is 8.27. The summed E-state index contributed by atoms with van der Waals surface area (Å²) in [5, 5.41) is 4.56. The Morgan fingerprint density at radius 2 is 1.17 bits per heavy atom. The number of rotatable bonds is 3. The van der Waals surface area contributed by atoms with Crippen molar-refractivity contribution in [3.8, 4) is 27.9 Å². The number of nitrogens with zero attached hydrogens (tertiary/aromatic N) is 2. The van der Waals surface area contributed by atoms with Crippen LogP contribution in [0.4, 0.5) is 5.69 Å². The monoisotopic (exact) mass is 524 g/mol. The Labute approximate surface area is 237 Å². The lowest BCUT2D eigenvalue weighted by atomic mass is 9.91. The van der Waals surface area contributed by atoms with Gasteiger partial charge in [0, 0.05) is 21.5 Å². The van der Waals surface area contributed by atoms with Crippen molar-refractivity contribution in [2.75, 3.05) is 0 Å². The number of benzene rings is 6. The SMILES string of the molecule is [C-]#[N+]c1c(C)ccc(-c2ccccc2-c2ccc3oc4ccccc4c3c2)c1-n1c2ccccc2c2ccccc21. The van der Waals surface area contributed by atoms with E-state index in [0.29, 0.717) is 5.69 Å². The Hall–Kier alpha value is -5.59. The van der Waals surface area contributed by atoms with E-state index in [4.69, 9.17) is 11.0 Å². The first kappa shape index (κ1) is 23.3. The van der Waals surface area contributed by atoms with Crippen molar-refractivity contribution in [1.82, 2.24) is 4.57 Å². The van der Waals surface area contributed by atoms with Gasteiger partial charge in [-0.05, 0) is 65.1 Å². The molecule has 41 heavy (non-hydrogen) atoms. The van der Waals surface area contributed by atoms with Crippen molar-refractivity contribution in [2.45, 2.75) is 6.92 Å². The number of furan rings is 1. The van der Waals surface area contributed by atoms with Crippen molar-refractivity contribution in [2.24, 2.45) is 0 Å². The first-order chi connectivity index (χ1) is 20.2. The van der Waals surface area contributed by atoms with Gasteiger partial charge < -0.3 is 8.98 Å². The molecule has 0 saturated heterocycles. The number of hydrogen-bond donors (Lipinski definition) is 0. The highest BCUT2D eigenvalue weighted by molar-refractivity contribution is 6.11. The minimum atomic E-state index is 0.667. The minimum Gasteiger partial charge on any atom is -0.456 e. The maximum Gasteiger partial charge on any atom is 0.214 e. The predicted octanol–water partition coefficient (Wildman–Crippen LogP) is 10.9. The second kappa shape index (κ2) is 8.98. The summed E-state index contributed by atoms with van der Waals surface area (Å²) in [4.78, 5) is 4.11. The van der Waals surface area contributed by atoms with Crippen LogP contribution in [0, 0.1) is 13.5 Å². The summed E-state index contributed by atoms with van der Waals surface area (Å²) in [5.41, 5.74) is 10.8. The third-order valence-corrected chi connectivity index (χ3v) is 8.17. The molecule has 2 heterocycles. The van der Waals surface area contributed by atoms with Crippen LogP contribution in [0.1, 0.15) is 5.56 Å². The van der Waals surface area contributed by atoms with Gasteiger partial charge in [0.15, 0.2) is 0 Å². The Morgan fingerprint density at radius 3 is 1.90 bits per heavy atom. The van der Waals surface area contributed by atoms with Gasteiger partial charge in [-0.15, -0.1) is 0 Å². The zero-order chi connectivity index (χ0) is 27.5. The third kappa shape index (κ3) is 3.45. The van der Waals surface area contributed by atoms with Crippen LogP contribution in [0.15, 0.2) is 132 Å². The Bertz CT molecular complexity index is 2290. The summed E-state index contributed by atoms with van der Waals surface area (Å²) in [6.07, 6.45) is 0. The van der Waals surface area contributed by atoms with E-state index in [1.54, 1.807) is 0 Å². The van der Waals surface area contributed by atoms with Crippen molar-refractivity contribution in [1.29, 1.82) is 0 Å². The van der Waals surface area contributed by atoms with Crippen LogP contribution in [-0.4, -0.2) is 4.57 Å². The molecule has 2 aromatic heterocycles. The Morgan fingerprint density at radius 1 is 0.561 bits per heavy atom. The molecule has 0 unspecified atom stereocenters. The molecule has 8 rings (SSSR count). The number of fused-ring (bicyclic) bond motifs is 6. The highest BCUT2D eigenvalue weighted by atomic mass is 16.3. The van der Waals surface area contributed by atoms with E-state index in [2.05, 4.69) is 119 Å². The summed E-state index contributed by atoms with van der Waals surface area (Å²) in [5.74, 6) is 0. The molecule has 0 spiro atoms. The predicted molar refractivity (Wildman–Crippen MR) is 170 cm³/mol. The third-order valence-electron chi connectivity index (χ3n) is 8.17. The number of para-hydroxylation sites is 3. The van der Waals surface area contributed by atoms with Crippen molar-refractivity contribution in [3.63, 3.8) is 0 Å². The van der Waals surface area contributed by atoms with Gasteiger partial charge in [-0.2, -0.15) is 0 Å².